The van der Waals surface area contributed by atoms with E-state index in [0.717, 1.165) is 17.7 Å². The topological polar surface area (TPSA) is 46.5 Å². The summed E-state index contributed by atoms with van der Waals surface area (Å²) in [6.07, 6.45) is -4.99. The van der Waals surface area contributed by atoms with E-state index in [1.165, 1.54) is 31.4 Å². The van der Waals surface area contributed by atoms with Crippen LogP contribution in [0.15, 0.2) is 53.4 Å². The Labute approximate surface area is 140 Å². The Hall–Kier alpha value is -1.86. The van der Waals surface area contributed by atoms with E-state index < -0.39 is 33.9 Å². The molecule has 0 bridgehead atoms. The molecule has 0 saturated carbocycles. The van der Waals surface area contributed by atoms with Gasteiger partial charge < -0.3 is 9.84 Å². The van der Waals surface area contributed by atoms with Crippen LogP contribution >= 0.6 is 0 Å². The van der Waals surface area contributed by atoms with Gasteiger partial charge in [-0.3, -0.25) is 4.21 Å². The summed E-state index contributed by atoms with van der Waals surface area (Å²) in [6, 6.07) is 11.4. The normalized spacial score (nSPS) is 15.6. The maximum atomic E-state index is 13.5. The fourth-order valence-electron chi connectivity index (χ4n) is 2.17. The lowest BCUT2D eigenvalue weighted by Crippen LogP contribution is -2.46. The largest absolute Gasteiger partial charge is 0.497 e. The van der Waals surface area contributed by atoms with Gasteiger partial charge in [0, 0.05) is 4.90 Å². The van der Waals surface area contributed by atoms with Crippen LogP contribution in [0.1, 0.15) is 11.1 Å². The average Bonchev–Trinajstić information content (AvgIpc) is 2.54. The van der Waals surface area contributed by atoms with Gasteiger partial charge in [0.15, 0.2) is 5.60 Å². The van der Waals surface area contributed by atoms with Crippen molar-refractivity contribution in [3.63, 3.8) is 0 Å². The van der Waals surface area contributed by atoms with Crippen molar-refractivity contribution >= 4 is 10.8 Å². The number of hydrogen-bond acceptors (Lipinski definition) is 3. The molecule has 0 heterocycles. The first kappa shape index (κ1) is 18.5. The van der Waals surface area contributed by atoms with Gasteiger partial charge in [-0.15, -0.1) is 0 Å². The van der Waals surface area contributed by atoms with Crippen molar-refractivity contribution in [2.75, 3.05) is 12.9 Å². The maximum Gasteiger partial charge on any atom is 0.422 e. The minimum Gasteiger partial charge on any atom is -0.497 e. The van der Waals surface area contributed by atoms with Gasteiger partial charge in [-0.1, -0.05) is 29.8 Å². The van der Waals surface area contributed by atoms with E-state index in [4.69, 9.17) is 4.74 Å². The summed E-state index contributed by atoms with van der Waals surface area (Å²) < 4.78 is 57.9. The molecule has 0 aliphatic heterocycles. The third-order valence-electron chi connectivity index (χ3n) is 3.64. The minimum atomic E-state index is -4.99. The molecule has 7 heteroatoms. The highest BCUT2D eigenvalue weighted by molar-refractivity contribution is 7.85. The summed E-state index contributed by atoms with van der Waals surface area (Å²) >= 11 is 0. The Balaban J connectivity index is 2.41. The predicted octanol–water partition coefficient (Wildman–Crippen LogP) is 3.56. The third-order valence-corrected chi connectivity index (χ3v) is 5.12. The van der Waals surface area contributed by atoms with E-state index in [9.17, 15) is 22.5 Å². The van der Waals surface area contributed by atoms with Crippen LogP contribution in [-0.4, -0.2) is 28.4 Å². The molecule has 0 aromatic heterocycles. The number of halogens is 3. The van der Waals surface area contributed by atoms with E-state index in [-0.39, 0.29) is 10.6 Å². The lowest BCUT2D eigenvalue weighted by molar-refractivity contribution is -0.256. The van der Waals surface area contributed by atoms with Crippen molar-refractivity contribution < 1.29 is 27.2 Å². The van der Waals surface area contributed by atoms with Crippen LogP contribution in [0.5, 0.6) is 5.75 Å². The van der Waals surface area contributed by atoms with Crippen molar-refractivity contribution in [2.45, 2.75) is 23.6 Å². The number of aliphatic hydroxyl groups is 1. The summed E-state index contributed by atoms with van der Waals surface area (Å²) in [5, 5.41) is 10.4. The van der Waals surface area contributed by atoms with E-state index in [0.29, 0.717) is 0 Å². The monoisotopic (exact) mass is 358 g/mol. The molecule has 0 aliphatic carbocycles. The van der Waals surface area contributed by atoms with Gasteiger partial charge in [0.05, 0.1) is 23.7 Å². The van der Waals surface area contributed by atoms with Crippen molar-refractivity contribution in [1.29, 1.82) is 0 Å². The van der Waals surface area contributed by atoms with Gasteiger partial charge in [0.2, 0.25) is 0 Å². The fourth-order valence-corrected chi connectivity index (χ4v) is 3.49. The van der Waals surface area contributed by atoms with Crippen molar-refractivity contribution in [3.05, 3.63) is 59.7 Å². The lowest BCUT2D eigenvalue weighted by Gasteiger charge is -2.30. The van der Waals surface area contributed by atoms with Crippen molar-refractivity contribution in [1.82, 2.24) is 0 Å². The van der Waals surface area contributed by atoms with E-state index in [1.54, 1.807) is 12.1 Å². The second-order valence-corrected chi connectivity index (χ2v) is 6.84. The molecule has 3 nitrogen and oxygen atoms in total. The van der Waals surface area contributed by atoms with Crippen LogP contribution in [-0.2, 0) is 16.4 Å². The molecule has 0 fully saturated rings. The highest BCUT2D eigenvalue weighted by Crippen LogP contribution is 2.41. The van der Waals surface area contributed by atoms with Crippen molar-refractivity contribution in [3.8, 4) is 5.75 Å². The van der Waals surface area contributed by atoms with Crippen LogP contribution in [0, 0.1) is 6.92 Å². The molecule has 0 aliphatic rings. The number of aryl methyl sites for hydroxylation is 1. The molecule has 0 amide bonds. The number of rotatable bonds is 5. The molecular formula is C17H17F3O3S. The smallest absolute Gasteiger partial charge is 0.422 e. The number of alkyl halides is 3. The van der Waals surface area contributed by atoms with Gasteiger partial charge in [-0.25, -0.2) is 0 Å². The van der Waals surface area contributed by atoms with E-state index >= 15 is 0 Å². The molecule has 2 aromatic carbocycles. The predicted molar refractivity (Wildman–Crippen MR) is 85.4 cm³/mol. The standard InChI is InChI=1S/C17H17F3O3S/c1-12-6-8-15(9-7-12)24(22)11-16(21,17(18,19)20)13-4-3-5-14(10-13)23-2/h3-10,21H,11H2,1-2H3. The quantitative estimate of drug-likeness (QED) is 0.889. The molecule has 0 spiro atoms. The zero-order chi connectivity index (χ0) is 18.0. The Morgan fingerprint density at radius 1 is 1.12 bits per heavy atom. The van der Waals surface area contributed by atoms with Gasteiger partial charge in [0.25, 0.3) is 0 Å². The van der Waals surface area contributed by atoms with E-state index in [2.05, 4.69) is 0 Å². The van der Waals surface area contributed by atoms with Crippen LogP contribution < -0.4 is 4.74 Å². The second-order valence-electron chi connectivity index (χ2n) is 5.39. The average molecular weight is 358 g/mol. The Kier molecular flexibility index (Phi) is 5.35. The van der Waals surface area contributed by atoms with Crippen molar-refractivity contribution in [2.24, 2.45) is 0 Å². The summed E-state index contributed by atoms with van der Waals surface area (Å²) in [6.45, 7) is 1.81. The van der Waals surface area contributed by atoms with Gasteiger partial charge >= 0.3 is 6.18 Å². The summed E-state index contributed by atoms with van der Waals surface area (Å²) in [7, 11) is -0.712. The third kappa shape index (κ3) is 3.79. The first-order valence-corrected chi connectivity index (χ1v) is 8.38. The Bertz CT molecular complexity index is 729. The number of methoxy groups -OCH3 is 1. The first-order chi connectivity index (χ1) is 11.2. The van der Waals surface area contributed by atoms with Gasteiger partial charge in [0.1, 0.15) is 5.75 Å². The minimum absolute atomic E-state index is 0.177. The highest BCUT2D eigenvalue weighted by Gasteiger charge is 2.56. The van der Waals surface area contributed by atoms with Gasteiger partial charge in [-0.2, -0.15) is 13.2 Å². The zero-order valence-electron chi connectivity index (χ0n) is 13.1. The van der Waals surface area contributed by atoms with Crippen LogP contribution in [0.3, 0.4) is 0 Å². The molecule has 24 heavy (non-hydrogen) atoms. The summed E-state index contributed by atoms with van der Waals surface area (Å²) in [5.74, 6) is -0.816. The summed E-state index contributed by atoms with van der Waals surface area (Å²) in [4.78, 5) is 0.228. The second kappa shape index (κ2) is 6.94. The SMILES string of the molecule is COc1cccc(C(O)(CS(=O)c2ccc(C)cc2)C(F)(F)F)c1. The fraction of sp³-hybridized carbons (Fsp3) is 0.294. The van der Waals surface area contributed by atoms with Crippen LogP contribution in [0.25, 0.3) is 0 Å². The molecule has 0 saturated heterocycles. The Morgan fingerprint density at radius 3 is 2.29 bits per heavy atom. The van der Waals surface area contributed by atoms with E-state index in [1.807, 2.05) is 6.92 Å². The molecule has 2 aromatic rings. The lowest BCUT2D eigenvalue weighted by atomic mass is 9.95. The first-order valence-electron chi connectivity index (χ1n) is 7.06. The molecule has 2 atom stereocenters. The maximum absolute atomic E-state index is 13.5. The van der Waals surface area contributed by atoms with Crippen LogP contribution in [0.2, 0.25) is 0 Å². The zero-order valence-corrected chi connectivity index (χ0v) is 13.9. The van der Waals surface area contributed by atoms with Gasteiger partial charge in [-0.05, 0) is 36.8 Å². The molecular weight excluding hydrogens is 341 g/mol. The highest BCUT2D eigenvalue weighted by atomic mass is 32.2. The molecule has 2 unspecified atom stereocenters. The number of ether oxygens (including phenoxy) is 1. The summed E-state index contributed by atoms with van der Waals surface area (Å²) in [5.41, 5.74) is -2.75. The number of benzene rings is 2. The molecule has 0 radical (unpaired) electrons. The molecule has 130 valence electrons. The molecule has 2 rings (SSSR count). The number of hydrogen-bond donors (Lipinski definition) is 1. The van der Waals surface area contributed by atoms with Crippen LogP contribution in [0.4, 0.5) is 13.2 Å². The Morgan fingerprint density at radius 2 is 1.75 bits per heavy atom. The molecule has 1 N–H and O–H groups in total.